The summed E-state index contributed by atoms with van der Waals surface area (Å²) in [5.41, 5.74) is 0.836. The third kappa shape index (κ3) is 2.59. The molecule has 1 atom stereocenters. The van der Waals surface area contributed by atoms with Crippen molar-refractivity contribution in [2.75, 3.05) is 19.8 Å². The fraction of sp³-hybridized carbons (Fsp3) is 0.417. The molecule has 0 aromatic heterocycles. The molecule has 1 aliphatic rings. The highest BCUT2D eigenvalue weighted by atomic mass is 16.5. The van der Waals surface area contributed by atoms with Gasteiger partial charge in [-0.15, -0.1) is 0 Å². The fourth-order valence-corrected chi connectivity index (χ4v) is 1.67. The SMILES string of the molecule is O=C(O)C(CNC1COC1)c1ccccc1. The number of hydrogen-bond acceptors (Lipinski definition) is 3. The van der Waals surface area contributed by atoms with Gasteiger partial charge < -0.3 is 15.2 Å². The molecule has 0 amide bonds. The van der Waals surface area contributed by atoms with E-state index in [0.29, 0.717) is 25.8 Å². The molecule has 4 heteroatoms. The van der Waals surface area contributed by atoms with E-state index in [-0.39, 0.29) is 0 Å². The first kappa shape index (κ1) is 11.1. The van der Waals surface area contributed by atoms with Crippen molar-refractivity contribution in [1.29, 1.82) is 0 Å². The summed E-state index contributed by atoms with van der Waals surface area (Å²) < 4.78 is 5.02. The minimum absolute atomic E-state index is 0.311. The van der Waals surface area contributed by atoms with Crippen LogP contribution in [0, 0.1) is 0 Å². The first-order chi connectivity index (χ1) is 7.77. The lowest BCUT2D eigenvalue weighted by atomic mass is 9.99. The molecule has 1 aliphatic heterocycles. The van der Waals surface area contributed by atoms with Crippen LogP contribution in [0.15, 0.2) is 30.3 Å². The van der Waals surface area contributed by atoms with Crippen LogP contribution in [-0.4, -0.2) is 36.9 Å². The second-order valence-electron chi connectivity index (χ2n) is 3.94. The van der Waals surface area contributed by atoms with E-state index in [1.165, 1.54) is 0 Å². The maximum atomic E-state index is 11.1. The molecule has 1 heterocycles. The van der Waals surface area contributed by atoms with Crippen molar-refractivity contribution in [1.82, 2.24) is 5.32 Å². The molecule has 2 rings (SSSR count). The minimum atomic E-state index is -0.793. The summed E-state index contributed by atoms with van der Waals surface area (Å²) in [4.78, 5) is 11.1. The van der Waals surface area contributed by atoms with E-state index in [0.717, 1.165) is 5.56 Å². The van der Waals surface area contributed by atoms with Crippen LogP contribution >= 0.6 is 0 Å². The second kappa shape index (κ2) is 5.09. The molecule has 86 valence electrons. The summed E-state index contributed by atoms with van der Waals surface area (Å²) in [6.45, 7) is 1.82. The van der Waals surface area contributed by atoms with Crippen LogP contribution in [-0.2, 0) is 9.53 Å². The van der Waals surface area contributed by atoms with Gasteiger partial charge >= 0.3 is 5.97 Å². The second-order valence-corrected chi connectivity index (χ2v) is 3.94. The van der Waals surface area contributed by atoms with Gasteiger partial charge in [-0.2, -0.15) is 0 Å². The summed E-state index contributed by atoms with van der Waals surface area (Å²) in [5.74, 6) is -1.28. The molecule has 1 unspecified atom stereocenters. The number of hydrogen-bond donors (Lipinski definition) is 2. The molecule has 0 aliphatic carbocycles. The van der Waals surface area contributed by atoms with E-state index in [4.69, 9.17) is 9.84 Å². The topological polar surface area (TPSA) is 58.6 Å². The highest BCUT2D eigenvalue weighted by molar-refractivity contribution is 5.76. The van der Waals surface area contributed by atoms with Crippen molar-refractivity contribution in [2.45, 2.75) is 12.0 Å². The van der Waals surface area contributed by atoms with Crippen molar-refractivity contribution in [3.63, 3.8) is 0 Å². The summed E-state index contributed by atoms with van der Waals surface area (Å²) >= 11 is 0. The Morgan fingerprint density at radius 3 is 2.62 bits per heavy atom. The van der Waals surface area contributed by atoms with E-state index in [9.17, 15) is 4.79 Å². The van der Waals surface area contributed by atoms with Crippen molar-refractivity contribution in [3.05, 3.63) is 35.9 Å². The lowest BCUT2D eigenvalue weighted by Crippen LogP contribution is -2.47. The molecular weight excluding hydrogens is 206 g/mol. The lowest BCUT2D eigenvalue weighted by Gasteiger charge is -2.28. The van der Waals surface area contributed by atoms with E-state index in [1.807, 2.05) is 30.3 Å². The van der Waals surface area contributed by atoms with E-state index < -0.39 is 11.9 Å². The van der Waals surface area contributed by atoms with Gasteiger partial charge in [0.1, 0.15) is 0 Å². The van der Waals surface area contributed by atoms with Gasteiger partial charge in [0.25, 0.3) is 0 Å². The first-order valence-corrected chi connectivity index (χ1v) is 5.36. The zero-order valence-electron chi connectivity index (χ0n) is 8.93. The van der Waals surface area contributed by atoms with Crippen molar-refractivity contribution in [3.8, 4) is 0 Å². The van der Waals surface area contributed by atoms with Crippen LogP contribution in [0.1, 0.15) is 11.5 Å². The summed E-state index contributed by atoms with van der Waals surface area (Å²) in [7, 11) is 0. The van der Waals surface area contributed by atoms with E-state index >= 15 is 0 Å². The number of nitrogens with one attached hydrogen (secondary N) is 1. The number of ether oxygens (including phenoxy) is 1. The van der Waals surface area contributed by atoms with Gasteiger partial charge in [0.15, 0.2) is 0 Å². The van der Waals surface area contributed by atoms with Gasteiger partial charge in [-0.05, 0) is 5.56 Å². The van der Waals surface area contributed by atoms with Gasteiger partial charge in [0, 0.05) is 6.54 Å². The molecular formula is C12H15NO3. The number of carboxylic acid groups (broad SMARTS) is 1. The highest BCUT2D eigenvalue weighted by Crippen LogP contribution is 2.15. The number of benzene rings is 1. The Kier molecular flexibility index (Phi) is 3.54. The molecule has 1 aromatic rings. The molecule has 1 fully saturated rings. The summed E-state index contributed by atoms with van der Waals surface area (Å²) in [6, 6.07) is 9.60. The number of carbonyl (C=O) groups is 1. The normalized spacial score (nSPS) is 17.8. The Balaban J connectivity index is 1.96. The standard InChI is InChI=1S/C12H15NO3/c14-12(15)11(6-13-10-7-16-8-10)9-4-2-1-3-5-9/h1-5,10-11,13H,6-8H2,(H,14,15). The van der Waals surface area contributed by atoms with Crippen molar-refractivity contribution < 1.29 is 14.6 Å². The number of aliphatic carboxylic acids is 1. The van der Waals surface area contributed by atoms with Crippen molar-refractivity contribution in [2.24, 2.45) is 0 Å². The van der Waals surface area contributed by atoms with Crippen LogP contribution in [0.25, 0.3) is 0 Å². The summed E-state index contributed by atoms with van der Waals surface area (Å²) in [6.07, 6.45) is 0. The molecule has 16 heavy (non-hydrogen) atoms. The Labute approximate surface area is 94.2 Å². The smallest absolute Gasteiger partial charge is 0.312 e. The Morgan fingerprint density at radius 2 is 2.12 bits per heavy atom. The Morgan fingerprint density at radius 1 is 1.44 bits per heavy atom. The van der Waals surface area contributed by atoms with Gasteiger partial charge in [-0.1, -0.05) is 30.3 Å². The quantitative estimate of drug-likeness (QED) is 0.773. The average molecular weight is 221 g/mol. The van der Waals surface area contributed by atoms with Gasteiger partial charge in [-0.25, -0.2) is 0 Å². The predicted molar refractivity (Wildman–Crippen MR) is 59.4 cm³/mol. The van der Waals surface area contributed by atoms with Crippen LogP contribution in [0.5, 0.6) is 0 Å². The Hall–Kier alpha value is -1.39. The van der Waals surface area contributed by atoms with Gasteiger partial charge in [0.05, 0.1) is 25.2 Å². The molecule has 0 saturated carbocycles. The minimum Gasteiger partial charge on any atom is -0.481 e. The fourth-order valence-electron chi connectivity index (χ4n) is 1.67. The molecule has 0 radical (unpaired) electrons. The molecule has 4 nitrogen and oxygen atoms in total. The Bertz CT molecular complexity index is 349. The predicted octanol–water partition coefficient (Wildman–Crippen LogP) is 0.843. The number of carboxylic acids is 1. The molecule has 0 bridgehead atoms. The largest absolute Gasteiger partial charge is 0.481 e. The van der Waals surface area contributed by atoms with E-state index in [2.05, 4.69) is 5.32 Å². The van der Waals surface area contributed by atoms with Gasteiger partial charge in [-0.3, -0.25) is 4.79 Å². The molecule has 1 aromatic carbocycles. The van der Waals surface area contributed by atoms with E-state index in [1.54, 1.807) is 0 Å². The molecule has 1 saturated heterocycles. The molecule has 2 N–H and O–H groups in total. The van der Waals surface area contributed by atoms with Gasteiger partial charge in [0.2, 0.25) is 0 Å². The summed E-state index contributed by atoms with van der Waals surface area (Å²) in [5, 5.41) is 12.4. The van der Waals surface area contributed by atoms with Crippen molar-refractivity contribution >= 4 is 5.97 Å². The van der Waals surface area contributed by atoms with Crippen LogP contribution in [0.3, 0.4) is 0 Å². The zero-order valence-corrected chi connectivity index (χ0v) is 8.93. The van der Waals surface area contributed by atoms with Crippen LogP contribution < -0.4 is 5.32 Å². The van der Waals surface area contributed by atoms with Crippen LogP contribution in [0.4, 0.5) is 0 Å². The maximum absolute atomic E-state index is 11.1. The third-order valence-electron chi connectivity index (χ3n) is 2.75. The van der Waals surface area contributed by atoms with Crippen LogP contribution in [0.2, 0.25) is 0 Å². The monoisotopic (exact) mass is 221 g/mol. The average Bonchev–Trinajstić information content (AvgIpc) is 2.22. The highest BCUT2D eigenvalue weighted by Gasteiger charge is 2.23. The number of rotatable bonds is 5. The zero-order chi connectivity index (χ0) is 11.4. The molecule has 0 spiro atoms. The maximum Gasteiger partial charge on any atom is 0.312 e. The lowest BCUT2D eigenvalue weighted by molar-refractivity contribution is -0.138. The first-order valence-electron chi connectivity index (χ1n) is 5.36. The third-order valence-corrected chi connectivity index (χ3v) is 2.75.